The smallest absolute Gasteiger partial charge is 0.307 e. The number of rotatable bonds is 5. The van der Waals surface area contributed by atoms with Gasteiger partial charge in [0.05, 0.1) is 17.7 Å². The number of aromatic nitrogens is 1. The van der Waals surface area contributed by atoms with Crippen LogP contribution in [0.3, 0.4) is 0 Å². The second-order valence-electron chi connectivity index (χ2n) is 5.13. The third-order valence-electron chi connectivity index (χ3n) is 3.53. The topological polar surface area (TPSA) is 99.6 Å². The van der Waals surface area contributed by atoms with Gasteiger partial charge < -0.3 is 5.11 Å². The van der Waals surface area contributed by atoms with Crippen LogP contribution in [0.2, 0.25) is 0 Å². The summed E-state index contributed by atoms with van der Waals surface area (Å²) in [7, 11) is -3.72. The molecule has 8 heteroatoms. The average Bonchev–Trinajstić information content (AvgIpc) is 2.48. The number of pyridine rings is 1. The highest BCUT2D eigenvalue weighted by atomic mass is 32.2. The number of hydrogen-bond donors (Lipinski definition) is 2. The fraction of sp³-hybridized carbons (Fsp3) is 0.538. The van der Waals surface area contributed by atoms with Crippen LogP contribution < -0.4 is 4.72 Å². The minimum absolute atomic E-state index is 0.0135. The zero-order valence-corrected chi connectivity index (χ0v) is 12.6. The Bertz CT molecular complexity index is 591. The second-order valence-corrected chi connectivity index (χ2v) is 6.84. The Morgan fingerprint density at radius 2 is 2.29 bits per heavy atom. The molecule has 7 nitrogen and oxygen atoms in total. The minimum atomic E-state index is -3.72. The highest BCUT2D eigenvalue weighted by molar-refractivity contribution is 7.87. The maximum atomic E-state index is 12.3. The van der Waals surface area contributed by atoms with Gasteiger partial charge in [0, 0.05) is 19.3 Å². The maximum absolute atomic E-state index is 12.3. The largest absolute Gasteiger partial charge is 0.481 e. The van der Waals surface area contributed by atoms with Gasteiger partial charge in [0.1, 0.15) is 0 Å². The molecular formula is C13H19N3O4S. The fourth-order valence-corrected chi connectivity index (χ4v) is 3.81. The molecule has 116 valence electrons. The molecule has 2 heterocycles. The van der Waals surface area contributed by atoms with E-state index in [1.807, 2.05) is 0 Å². The minimum Gasteiger partial charge on any atom is -0.481 e. The Hall–Kier alpha value is -1.51. The molecule has 0 bridgehead atoms. The van der Waals surface area contributed by atoms with E-state index in [1.165, 1.54) is 4.31 Å². The predicted molar refractivity (Wildman–Crippen MR) is 76.6 cm³/mol. The van der Waals surface area contributed by atoms with Crippen molar-refractivity contribution in [1.29, 1.82) is 0 Å². The van der Waals surface area contributed by atoms with Crippen molar-refractivity contribution >= 4 is 16.2 Å². The van der Waals surface area contributed by atoms with Crippen LogP contribution in [-0.4, -0.2) is 41.9 Å². The quantitative estimate of drug-likeness (QED) is 0.836. The summed E-state index contributed by atoms with van der Waals surface area (Å²) in [5, 5.41) is 9.03. The summed E-state index contributed by atoms with van der Waals surface area (Å²) in [6.07, 6.45) is 2.66. The van der Waals surface area contributed by atoms with Crippen molar-refractivity contribution < 1.29 is 18.3 Å². The molecule has 0 aromatic carbocycles. The summed E-state index contributed by atoms with van der Waals surface area (Å²) in [6, 6.07) is 4.81. The van der Waals surface area contributed by atoms with E-state index in [1.54, 1.807) is 31.3 Å². The average molecular weight is 313 g/mol. The fourth-order valence-electron chi connectivity index (χ4n) is 2.35. The molecule has 0 amide bonds. The Morgan fingerprint density at radius 1 is 1.52 bits per heavy atom. The first-order chi connectivity index (χ1) is 9.90. The van der Waals surface area contributed by atoms with Crippen LogP contribution >= 0.6 is 0 Å². The van der Waals surface area contributed by atoms with Gasteiger partial charge in [0.25, 0.3) is 10.2 Å². The number of carbonyl (C=O) groups is 1. The molecule has 2 atom stereocenters. The highest BCUT2D eigenvalue weighted by Gasteiger charge is 2.33. The van der Waals surface area contributed by atoms with E-state index in [9.17, 15) is 13.2 Å². The van der Waals surface area contributed by atoms with Crippen molar-refractivity contribution in [3.05, 3.63) is 30.1 Å². The summed E-state index contributed by atoms with van der Waals surface area (Å²) >= 11 is 0. The lowest BCUT2D eigenvalue weighted by molar-refractivity contribution is -0.142. The van der Waals surface area contributed by atoms with E-state index in [0.29, 0.717) is 25.1 Å². The first kappa shape index (κ1) is 15.9. The first-order valence-corrected chi connectivity index (χ1v) is 8.25. The molecule has 0 radical (unpaired) electrons. The molecule has 0 spiro atoms. The van der Waals surface area contributed by atoms with Gasteiger partial charge in [-0.3, -0.25) is 9.78 Å². The standard InChI is InChI=1S/C13H19N3O4S/c1-10(12-6-2-3-7-14-12)15-21(19,20)16-8-4-5-11(9-16)13(17)18/h2-3,6-7,10-11,15H,4-5,8-9H2,1H3,(H,17,18). The lowest BCUT2D eigenvalue weighted by Gasteiger charge is -2.30. The van der Waals surface area contributed by atoms with E-state index < -0.39 is 28.1 Å². The van der Waals surface area contributed by atoms with Gasteiger partial charge in [-0.15, -0.1) is 0 Å². The van der Waals surface area contributed by atoms with Gasteiger partial charge in [-0.2, -0.15) is 17.4 Å². The van der Waals surface area contributed by atoms with Gasteiger partial charge in [-0.25, -0.2) is 0 Å². The Kier molecular flexibility index (Phi) is 4.92. The van der Waals surface area contributed by atoms with Crippen molar-refractivity contribution in [3.8, 4) is 0 Å². The summed E-state index contributed by atoms with van der Waals surface area (Å²) in [4.78, 5) is 15.1. The van der Waals surface area contributed by atoms with Crippen LogP contribution in [-0.2, 0) is 15.0 Å². The normalized spacial score (nSPS) is 21.9. The number of carboxylic acids is 1. The lowest BCUT2D eigenvalue weighted by atomic mass is 10.0. The molecule has 1 aliphatic heterocycles. The molecule has 1 fully saturated rings. The van der Waals surface area contributed by atoms with Gasteiger partial charge in [0.15, 0.2) is 0 Å². The van der Waals surface area contributed by atoms with Crippen LogP contribution in [0.25, 0.3) is 0 Å². The maximum Gasteiger partial charge on any atom is 0.307 e. The van der Waals surface area contributed by atoms with E-state index in [-0.39, 0.29) is 6.54 Å². The third kappa shape index (κ3) is 3.99. The number of nitrogens with zero attached hydrogens (tertiary/aromatic N) is 2. The number of nitrogens with one attached hydrogen (secondary N) is 1. The molecule has 1 aromatic rings. The van der Waals surface area contributed by atoms with E-state index in [0.717, 1.165) is 0 Å². The van der Waals surface area contributed by atoms with Crippen molar-refractivity contribution in [2.45, 2.75) is 25.8 Å². The molecule has 21 heavy (non-hydrogen) atoms. The molecule has 1 aliphatic rings. The SMILES string of the molecule is CC(NS(=O)(=O)N1CCCC(C(=O)O)C1)c1ccccn1. The molecule has 0 aliphatic carbocycles. The molecular weight excluding hydrogens is 294 g/mol. The molecule has 2 unspecified atom stereocenters. The summed E-state index contributed by atoms with van der Waals surface area (Å²) in [5.74, 6) is -1.59. The van der Waals surface area contributed by atoms with Crippen LogP contribution in [0.4, 0.5) is 0 Å². The predicted octanol–water partition coefficient (Wildman–Crippen LogP) is 0.774. The van der Waals surface area contributed by atoms with E-state index in [4.69, 9.17) is 5.11 Å². The Labute approximate surface area is 124 Å². The van der Waals surface area contributed by atoms with Gasteiger partial charge >= 0.3 is 5.97 Å². The summed E-state index contributed by atoms with van der Waals surface area (Å²) < 4.78 is 28.4. The van der Waals surface area contributed by atoms with E-state index in [2.05, 4.69) is 9.71 Å². The zero-order chi connectivity index (χ0) is 15.5. The number of hydrogen-bond acceptors (Lipinski definition) is 4. The summed E-state index contributed by atoms with van der Waals surface area (Å²) in [5.41, 5.74) is 0.618. The van der Waals surface area contributed by atoms with Crippen molar-refractivity contribution in [2.75, 3.05) is 13.1 Å². The van der Waals surface area contributed by atoms with Crippen molar-refractivity contribution in [2.24, 2.45) is 5.92 Å². The number of piperidine rings is 1. The molecule has 0 saturated carbocycles. The molecule has 2 N–H and O–H groups in total. The highest BCUT2D eigenvalue weighted by Crippen LogP contribution is 2.20. The van der Waals surface area contributed by atoms with Crippen LogP contribution in [0, 0.1) is 5.92 Å². The van der Waals surface area contributed by atoms with Crippen LogP contribution in [0.15, 0.2) is 24.4 Å². The van der Waals surface area contributed by atoms with Crippen LogP contribution in [0.5, 0.6) is 0 Å². The van der Waals surface area contributed by atoms with Gasteiger partial charge in [-0.1, -0.05) is 6.07 Å². The van der Waals surface area contributed by atoms with Crippen LogP contribution in [0.1, 0.15) is 31.5 Å². The van der Waals surface area contributed by atoms with Gasteiger partial charge in [-0.05, 0) is 31.9 Å². The van der Waals surface area contributed by atoms with Crippen molar-refractivity contribution in [3.63, 3.8) is 0 Å². The third-order valence-corrected chi connectivity index (χ3v) is 5.19. The monoisotopic (exact) mass is 313 g/mol. The Balaban J connectivity index is 2.06. The summed E-state index contributed by atoms with van der Waals surface area (Å²) in [6.45, 7) is 2.06. The first-order valence-electron chi connectivity index (χ1n) is 6.81. The Morgan fingerprint density at radius 3 is 2.90 bits per heavy atom. The van der Waals surface area contributed by atoms with Crippen molar-refractivity contribution in [1.82, 2.24) is 14.0 Å². The molecule has 1 saturated heterocycles. The number of carboxylic acid groups (broad SMARTS) is 1. The lowest BCUT2D eigenvalue weighted by Crippen LogP contribution is -2.48. The molecule has 2 rings (SSSR count). The zero-order valence-electron chi connectivity index (χ0n) is 11.8. The van der Waals surface area contributed by atoms with Gasteiger partial charge in [0.2, 0.25) is 0 Å². The molecule has 1 aromatic heterocycles. The van der Waals surface area contributed by atoms with E-state index >= 15 is 0 Å². The number of aliphatic carboxylic acids is 1. The second kappa shape index (κ2) is 6.50.